The number of carbonyl (C=O) groups is 2. The number of ether oxygens (including phenoxy) is 1. The molecule has 1 saturated heterocycles. The quantitative estimate of drug-likeness (QED) is 0.444. The highest BCUT2D eigenvalue weighted by Crippen LogP contribution is 2.48. The monoisotopic (exact) mass is 475 g/mol. The molecule has 0 unspecified atom stereocenters. The van der Waals surface area contributed by atoms with Gasteiger partial charge in [0.2, 0.25) is 5.91 Å². The number of hydrogen-bond donors (Lipinski definition) is 0. The Morgan fingerprint density at radius 3 is 2.58 bits per heavy atom. The average molecular weight is 476 g/mol. The van der Waals surface area contributed by atoms with Gasteiger partial charge in [0.15, 0.2) is 0 Å². The zero-order valence-corrected chi connectivity index (χ0v) is 19.5. The minimum atomic E-state index is -0.783. The molecule has 8 heteroatoms. The maximum atomic E-state index is 13.9. The Hall–Kier alpha value is -4.77. The molecule has 0 aliphatic carbocycles. The standard InChI is InChI=1S/C28H21N5O3/c1-36-27(35)32-16-28(17-32)21-8-4-5-9-24(21)33(26(28)34)15-23-25(22-11-10-18(12-29)13-30-22)20-7-3-2-6-19(20)14-31-23/h2-11,13-14H,15-17H2,1H3. The van der Waals surface area contributed by atoms with Crippen molar-refractivity contribution in [2.24, 2.45) is 0 Å². The van der Waals surface area contributed by atoms with Crippen LogP contribution in [0.15, 0.2) is 73.1 Å². The fourth-order valence-electron chi connectivity index (χ4n) is 5.29. The number of likely N-dealkylation sites (tertiary alicyclic amines) is 1. The van der Waals surface area contributed by atoms with E-state index in [0.29, 0.717) is 17.0 Å². The Balaban J connectivity index is 1.44. The fraction of sp³-hybridized carbons (Fsp3) is 0.179. The van der Waals surface area contributed by atoms with E-state index >= 15 is 0 Å². The predicted octanol–water partition coefficient (Wildman–Crippen LogP) is 4.04. The maximum Gasteiger partial charge on any atom is 0.409 e. The molecule has 2 aromatic carbocycles. The number of fused-ring (bicyclic) bond motifs is 3. The normalized spacial score (nSPS) is 15.5. The lowest BCUT2D eigenvalue weighted by molar-refractivity contribution is -0.128. The molecule has 1 fully saturated rings. The van der Waals surface area contributed by atoms with Crippen molar-refractivity contribution in [3.8, 4) is 17.3 Å². The van der Waals surface area contributed by atoms with Crippen molar-refractivity contribution in [3.63, 3.8) is 0 Å². The zero-order valence-electron chi connectivity index (χ0n) is 19.5. The molecule has 8 nitrogen and oxygen atoms in total. The van der Waals surface area contributed by atoms with Crippen LogP contribution in [-0.2, 0) is 21.5 Å². The van der Waals surface area contributed by atoms with E-state index in [0.717, 1.165) is 27.6 Å². The smallest absolute Gasteiger partial charge is 0.409 e. The van der Waals surface area contributed by atoms with Gasteiger partial charge in [-0.05, 0) is 29.1 Å². The summed E-state index contributed by atoms with van der Waals surface area (Å²) in [6, 6.07) is 21.3. The van der Waals surface area contributed by atoms with Gasteiger partial charge in [-0.2, -0.15) is 5.26 Å². The molecule has 2 aliphatic heterocycles. The molecule has 176 valence electrons. The van der Waals surface area contributed by atoms with Gasteiger partial charge in [-0.3, -0.25) is 14.8 Å². The Bertz CT molecular complexity index is 1570. The summed E-state index contributed by atoms with van der Waals surface area (Å²) in [5, 5.41) is 11.1. The van der Waals surface area contributed by atoms with E-state index in [-0.39, 0.29) is 25.5 Å². The van der Waals surface area contributed by atoms with Crippen LogP contribution in [0.25, 0.3) is 22.0 Å². The van der Waals surface area contributed by atoms with Crippen LogP contribution in [0.3, 0.4) is 0 Å². The number of pyridine rings is 2. The molecular weight excluding hydrogens is 454 g/mol. The van der Waals surface area contributed by atoms with E-state index < -0.39 is 11.5 Å². The van der Waals surface area contributed by atoms with Gasteiger partial charge in [0, 0.05) is 42.1 Å². The summed E-state index contributed by atoms with van der Waals surface area (Å²) >= 11 is 0. The van der Waals surface area contributed by atoms with E-state index in [4.69, 9.17) is 9.72 Å². The van der Waals surface area contributed by atoms with Gasteiger partial charge in [0.1, 0.15) is 11.5 Å². The van der Waals surface area contributed by atoms with Gasteiger partial charge in [-0.25, -0.2) is 4.79 Å². The molecule has 2 aliphatic rings. The minimum absolute atomic E-state index is 0.0578. The molecule has 0 bridgehead atoms. The number of rotatable bonds is 3. The van der Waals surface area contributed by atoms with Gasteiger partial charge in [0.25, 0.3) is 0 Å². The molecule has 6 rings (SSSR count). The van der Waals surface area contributed by atoms with Crippen LogP contribution < -0.4 is 4.90 Å². The van der Waals surface area contributed by atoms with E-state index in [1.165, 1.54) is 7.11 Å². The molecule has 4 aromatic rings. The second-order valence-corrected chi connectivity index (χ2v) is 9.03. The number of nitrogens with zero attached hydrogens (tertiary/aromatic N) is 5. The molecule has 0 radical (unpaired) electrons. The van der Waals surface area contributed by atoms with E-state index in [2.05, 4.69) is 11.1 Å². The summed E-state index contributed by atoms with van der Waals surface area (Å²) in [6.07, 6.45) is 2.92. The highest BCUT2D eigenvalue weighted by Gasteiger charge is 2.59. The first kappa shape index (κ1) is 21.7. The Labute approximate surface area is 207 Å². The molecule has 2 aromatic heterocycles. The summed E-state index contributed by atoms with van der Waals surface area (Å²) in [5.74, 6) is -0.0578. The van der Waals surface area contributed by atoms with Crippen LogP contribution in [0.2, 0.25) is 0 Å². The van der Waals surface area contributed by atoms with E-state index in [1.54, 1.807) is 22.1 Å². The van der Waals surface area contributed by atoms with Crippen molar-refractivity contribution < 1.29 is 14.3 Å². The molecule has 0 N–H and O–H groups in total. The fourth-order valence-corrected chi connectivity index (χ4v) is 5.29. The van der Waals surface area contributed by atoms with E-state index in [9.17, 15) is 14.9 Å². The van der Waals surface area contributed by atoms with Crippen LogP contribution in [-0.4, -0.2) is 47.1 Å². The number of nitriles is 1. The Kier molecular flexibility index (Phi) is 4.93. The number of benzene rings is 2. The van der Waals surface area contributed by atoms with Gasteiger partial charge >= 0.3 is 6.09 Å². The van der Waals surface area contributed by atoms with Crippen molar-refractivity contribution in [3.05, 3.63) is 89.9 Å². The number of para-hydroxylation sites is 1. The molecule has 36 heavy (non-hydrogen) atoms. The summed E-state index contributed by atoms with van der Waals surface area (Å²) < 4.78 is 4.85. The lowest BCUT2D eigenvalue weighted by Crippen LogP contribution is -2.65. The number of hydrogen-bond acceptors (Lipinski definition) is 6. The summed E-state index contributed by atoms with van der Waals surface area (Å²) in [4.78, 5) is 38.5. The topological polar surface area (TPSA) is 99.4 Å². The maximum absolute atomic E-state index is 13.9. The first-order chi connectivity index (χ1) is 17.6. The summed E-state index contributed by atoms with van der Waals surface area (Å²) in [7, 11) is 1.34. The van der Waals surface area contributed by atoms with Crippen molar-refractivity contribution in [1.29, 1.82) is 5.26 Å². The van der Waals surface area contributed by atoms with Gasteiger partial charge < -0.3 is 14.5 Å². The number of carbonyl (C=O) groups excluding carboxylic acids is 2. The third-order valence-corrected chi connectivity index (χ3v) is 7.05. The van der Waals surface area contributed by atoms with Crippen LogP contribution in [0.1, 0.15) is 16.8 Å². The van der Waals surface area contributed by atoms with Crippen LogP contribution >= 0.6 is 0 Å². The first-order valence-corrected chi connectivity index (χ1v) is 11.5. The van der Waals surface area contributed by atoms with Crippen molar-refractivity contribution in [1.82, 2.24) is 14.9 Å². The highest BCUT2D eigenvalue weighted by atomic mass is 16.5. The number of amides is 2. The Morgan fingerprint density at radius 2 is 1.83 bits per heavy atom. The van der Waals surface area contributed by atoms with Gasteiger partial charge in [-0.1, -0.05) is 42.5 Å². The molecule has 2 amide bonds. The predicted molar refractivity (Wildman–Crippen MR) is 133 cm³/mol. The van der Waals surface area contributed by atoms with Gasteiger partial charge in [-0.15, -0.1) is 0 Å². The number of aromatic nitrogens is 2. The van der Waals surface area contributed by atoms with E-state index in [1.807, 2.05) is 60.8 Å². The summed E-state index contributed by atoms with van der Waals surface area (Å²) in [6.45, 7) is 0.806. The molecule has 0 atom stereocenters. The number of methoxy groups -OCH3 is 1. The highest BCUT2D eigenvalue weighted by molar-refractivity contribution is 6.10. The third kappa shape index (κ3) is 3.13. The Morgan fingerprint density at radius 1 is 1.06 bits per heavy atom. The first-order valence-electron chi connectivity index (χ1n) is 11.5. The van der Waals surface area contributed by atoms with Crippen LogP contribution in [0.4, 0.5) is 10.5 Å². The SMILES string of the molecule is COC(=O)N1CC2(C1)C(=O)N(Cc1ncc3ccccc3c1-c1ccc(C#N)cn1)c1ccccc12. The van der Waals surface area contributed by atoms with Gasteiger partial charge in [0.05, 0.1) is 30.6 Å². The molecule has 0 saturated carbocycles. The molecule has 1 spiro atoms. The third-order valence-electron chi connectivity index (χ3n) is 7.05. The van der Waals surface area contributed by atoms with Crippen molar-refractivity contribution in [2.45, 2.75) is 12.0 Å². The lowest BCUT2D eigenvalue weighted by atomic mass is 9.75. The van der Waals surface area contributed by atoms with Crippen LogP contribution in [0, 0.1) is 11.3 Å². The molecule has 4 heterocycles. The second-order valence-electron chi connectivity index (χ2n) is 9.03. The van der Waals surface area contributed by atoms with Crippen molar-refractivity contribution in [2.75, 3.05) is 25.1 Å². The second kappa shape index (κ2) is 8.17. The van der Waals surface area contributed by atoms with Crippen molar-refractivity contribution >= 4 is 28.5 Å². The zero-order chi connectivity index (χ0) is 24.9. The minimum Gasteiger partial charge on any atom is -0.453 e. The van der Waals surface area contributed by atoms with Crippen LogP contribution in [0.5, 0.6) is 0 Å². The molecular formula is C28H21N5O3. The largest absolute Gasteiger partial charge is 0.453 e. The average Bonchev–Trinajstić information content (AvgIpc) is 3.15. The lowest BCUT2D eigenvalue weighted by Gasteiger charge is -2.45. The summed E-state index contributed by atoms with van der Waals surface area (Å²) in [5.41, 5.74) is 3.63. The number of anilines is 1.